The van der Waals surface area contributed by atoms with Gasteiger partial charge in [0, 0.05) is 31.5 Å². The number of ether oxygens (including phenoxy) is 1. The van der Waals surface area contributed by atoms with Gasteiger partial charge in [-0.25, -0.2) is 9.97 Å². The van der Waals surface area contributed by atoms with Crippen LogP contribution in [-0.4, -0.2) is 69.5 Å². The molecule has 4 rings (SSSR count). The zero-order valence-corrected chi connectivity index (χ0v) is 18.9. The Labute approximate surface area is 183 Å². The monoisotopic (exact) mass is 429 g/mol. The number of nitrogens with one attached hydrogen (secondary N) is 1. The van der Waals surface area contributed by atoms with E-state index in [2.05, 4.69) is 36.1 Å². The Morgan fingerprint density at radius 3 is 2.81 bits per heavy atom. The van der Waals surface area contributed by atoms with Gasteiger partial charge in [-0.15, -0.1) is 0 Å². The fourth-order valence-corrected chi connectivity index (χ4v) is 4.57. The summed E-state index contributed by atoms with van der Waals surface area (Å²) >= 11 is 0. The minimum absolute atomic E-state index is 0.0522. The van der Waals surface area contributed by atoms with Crippen LogP contribution in [0, 0.1) is 0 Å². The molecule has 31 heavy (non-hydrogen) atoms. The van der Waals surface area contributed by atoms with Crippen LogP contribution in [0.4, 0.5) is 5.95 Å². The lowest BCUT2D eigenvalue weighted by Crippen LogP contribution is -2.46. The smallest absolute Gasteiger partial charge is 0.261 e. The zero-order valence-electron chi connectivity index (χ0n) is 18.9. The van der Waals surface area contributed by atoms with Crippen LogP contribution in [-0.2, 0) is 11.3 Å². The predicted molar refractivity (Wildman–Crippen MR) is 122 cm³/mol. The molecular formula is C23H35N5O3. The highest BCUT2D eigenvalue weighted by Gasteiger charge is 2.26. The molecule has 2 fully saturated rings. The quantitative estimate of drug-likeness (QED) is 0.728. The van der Waals surface area contributed by atoms with Gasteiger partial charge in [0.25, 0.3) is 5.56 Å². The second-order valence-electron chi connectivity index (χ2n) is 9.17. The summed E-state index contributed by atoms with van der Waals surface area (Å²) < 4.78 is 7.48. The third kappa shape index (κ3) is 4.91. The van der Waals surface area contributed by atoms with Crippen LogP contribution >= 0.6 is 0 Å². The molecule has 1 aliphatic heterocycles. The van der Waals surface area contributed by atoms with Gasteiger partial charge in [-0.2, -0.15) is 0 Å². The minimum atomic E-state index is -0.223. The number of anilines is 1. The van der Waals surface area contributed by atoms with E-state index in [1.807, 2.05) is 10.8 Å². The van der Waals surface area contributed by atoms with Crippen LogP contribution in [0.15, 0.2) is 17.2 Å². The largest absolute Gasteiger partial charge is 0.393 e. The molecular weight excluding hydrogens is 394 g/mol. The molecule has 0 aromatic carbocycles. The van der Waals surface area contributed by atoms with Crippen LogP contribution in [0.2, 0.25) is 0 Å². The summed E-state index contributed by atoms with van der Waals surface area (Å²) in [6, 6.07) is 0.421. The van der Waals surface area contributed by atoms with Crippen molar-refractivity contribution in [2.45, 2.75) is 76.6 Å². The van der Waals surface area contributed by atoms with Gasteiger partial charge in [0.05, 0.1) is 36.3 Å². The second kappa shape index (κ2) is 9.63. The number of hydrogen-bond acceptors (Lipinski definition) is 7. The van der Waals surface area contributed by atoms with Crippen LogP contribution in [0.5, 0.6) is 0 Å². The number of aliphatic hydroxyl groups is 1. The first-order valence-corrected chi connectivity index (χ1v) is 11.6. The molecule has 2 N–H and O–H groups in total. The Balaban J connectivity index is 1.75. The van der Waals surface area contributed by atoms with Crippen LogP contribution < -0.4 is 10.9 Å². The average molecular weight is 430 g/mol. The molecule has 0 spiro atoms. The van der Waals surface area contributed by atoms with E-state index in [0.717, 1.165) is 56.3 Å². The lowest BCUT2D eigenvalue weighted by Gasteiger charge is -2.33. The van der Waals surface area contributed by atoms with Crippen molar-refractivity contribution in [1.29, 1.82) is 0 Å². The third-order valence-electron chi connectivity index (χ3n) is 6.90. The standard InChI is InChI=1S/C23H35N5O3/c1-4-15(2)25-23-24-11-19-21(26-23)20(16-5-7-18(29)8-6-16)13-28(22(19)30)12-17-14-31-10-9-27(17)3/h11,13,15-18,29H,4-10,12,14H2,1-3H3,(H,24,25,26)/t15-,16?,17-,18?/m0/s1. The fourth-order valence-electron chi connectivity index (χ4n) is 4.57. The van der Waals surface area contributed by atoms with E-state index in [4.69, 9.17) is 9.72 Å². The van der Waals surface area contributed by atoms with Gasteiger partial charge < -0.3 is 19.7 Å². The van der Waals surface area contributed by atoms with E-state index in [0.29, 0.717) is 24.5 Å². The van der Waals surface area contributed by atoms with E-state index < -0.39 is 0 Å². The van der Waals surface area contributed by atoms with Crippen molar-refractivity contribution < 1.29 is 9.84 Å². The Morgan fingerprint density at radius 1 is 1.32 bits per heavy atom. The first kappa shape index (κ1) is 22.2. The van der Waals surface area contributed by atoms with E-state index in [1.165, 1.54) is 0 Å². The van der Waals surface area contributed by atoms with E-state index in [-0.39, 0.29) is 29.7 Å². The number of hydrogen-bond donors (Lipinski definition) is 2. The third-order valence-corrected chi connectivity index (χ3v) is 6.90. The molecule has 0 radical (unpaired) electrons. The molecule has 0 amide bonds. The maximum Gasteiger partial charge on any atom is 0.261 e. The van der Waals surface area contributed by atoms with Crippen molar-refractivity contribution in [3.63, 3.8) is 0 Å². The summed E-state index contributed by atoms with van der Waals surface area (Å²) in [6.45, 7) is 7.02. The first-order chi connectivity index (χ1) is 15.0. The maximum atomic E-state index is 13.3. The van der Waals surface area contributed by atoms with E-state index >= 15 is 0 Å². The Kier molecular flexibility index (Phi) is 6.89. The second-order valence-corrected chi connectivity index (χ2v) is 9.17. The Morgan fingerprint density at radius 2 is 2.10 bits per heavy atom. The van der Waals surface area contributed by atoms with Crippen LogP contribution in [0.3, 0.4) is 0 Å². The number of aliphatic hydroxyl groups excluding tert-OH is 1. The van der Waals surface area contributed by atoms with Gasteiger partial charge in [0.15, 0.2) is 0 Å². The Bertz CT molecular complexity index is 954. The predicted octanol–water partition coefficient (Wildman–Crippen LogP) is 2.35. The highest BCUT2D eigenvalue weighted by atomic mass is 16.5. The van der Waals surface area contributed by atoms with Crippen LogP contribution in [0.1, 0.15) is 57.4 Å². The number of nitrogens with zero attached hydrogens (tertiary/aromatic N) is 4. The minimum Gasteiger partial charge on any atom is -0.393 e. The normalized spacial score (nSPS) is 26.1. The molecule has 2 aromatic rings. The van der Waals surface area contributed by atoms with Crippen molar-refractivity contribution in [2.24, 2.45) is 0 Å². The average Bonchev–Trinajstić information content (AvgIpc) is 2.77. The number of rotatable bonds is 6. The molecule has 8 nitrogen and oxygen atoms in total. The highest BCUT2D eigenvalue weighted by Crippen LogP contribution is 2.35. The van der Waals surface area contributed by atoms with E-state index in [9.17, 15) is 9.90 Å². The summed E-state index contributed by atoms with van der Waals surface area (Å²) in [6.07, 6.45) is 7.80. The van der Waals surface area contributed by atoms with E-state index in [1.54, 1.807) is 6.20 Å². The summed E-state index contributed by atoms with van der Waals surface area (Å²) in [5, 5.41) is 13.9. The summed E-state index contributed by atoms with van der Waals surface area (Å²) in [5.74, 6) is 0.848. The SMILES string of the molecule is CC[C@H](C)Nc1ncc2c(=O)n(C[C@H]3COCCN3C)cc(C3CCC(O)CC3)c2n1. The first-order valence-electron chi connectivity index (χ1n) is 11.6. The van der Waals surface area contributed by atoms with Crippen molar-refractivity contribution >= 4 is 16.9 Å². The van der Waals surface area contributed by atoms with Gasteiger partial charge in [0.2, 0.25) is 5.95 Å². The van der Waals surface area contributed by atoms with Crippen LogP contribution in [0.25, 0.3) is 10.9 Å². The maximum absolute atomic E-state index is 13.3. The molecule has 0 unspecified atom stereocenters. The molecule has 2 atom stereocenters. The lowest BCUT2D eigenvalue weighted by molar-refractivity contribution is -0.000520. The number of aromatic nitrogens is 3. The molecule has 1 saturated heterocycles. The molecule has 1 saturated carbocycles. The van der Waals surface area contributed by atoms with Gasteiger partial charge in [0.1, 0.15) is 0 Å². The Hall–Kier alpha value is -2.03. The van der Waals surface area contributed by atoms with Gasteiger partial charge in [-0.1, -0.05) is 6.92 Å². The lowest BCUT2D eigenvalue weighted by atomic mass is 9.82. The van der Waals surface area contributed by atoms with Crippen molar-refractivity contribution in [1.82, 2.24) is 19.4 Å². The van der Waals surface area contributed by atoms with Crippen molar-refractivity contribution in [3.8, 4) is 0 Å². The summed E-state index contributed by atoms with van der Waals surface area (Å²) in [4.78, 5) is 24.8. The van der Waals surface area contributed by atoms with Gasteiger partial charge >= 0.3 is 0 Å². The summed E-state index contributed by atoms with van der Waals surface area (Å²) in [7, 11) is 2.08. The van der Waals surface area contributed by atoms with Gasteiger partial charge in [-0.05, 0) is 57.6 Å². The molecule has 0 bridgehead atoms. The molecule has 8 heteroatoms. The highest BCUT2D eigenvalue weighted by molar-refractivity contribution is 5.81. The molecule has 2 aliphatic rings. The van der Waals surface area contributed by atoms with Gasteiger partial charge in [-0.3, -0.25) is 9.69 Å². The molecule has 3 heterocycles. The number of pyridine rings is 1. The number of fused-ring (bicyclic) bond motifs is 1. The summed E-state index contributed by atoms with van der Waals surface area (Å²) in [5.41, 5.74) is 1.79. The fraction of sp³-hybridized carbons (Fsp3) is 0.696. The number of likely N-dealkylation sites (N-methyl/N-ethyl adjacent to an activating group) is 1. The zero-order chi connectivity index (χ0) is 22.0. The number of morpholine rings is 1. The molecule has 2 aromatic heterocycles. The van der Waals surface area contributed by atoms with Crippen molar-refractivity contribution in [2.75, 3.05) is 32.1 Å². The topological polar surface area (TPSA) is 92.5 Å². The van der Waals surface area contributed by atoms with Crippen molar-refractivity contribution in [3.05, 3.63) is 28.3 Å². The molecule has 170 valence electrons. The molecule has 1 aliphatic carbocycles.